The van der Waals surface area contributed by atoms with Crippen molar-refractivity contribution in [3.05, 3.63) is 47.3 Å². The molecule has 0 aliphatic rings. The van der Waals surface area contributed by atoms with E-state index in [1.807, 2.05) is 6.92 Å². The van der Waals surface area contributed by atoms with Crippen molar-refractivity contribution in [1.82, 2.24) is 9.78 Å². The molecular formula is C14H15N3O3. The van der Waals surface area contributed by atoms with Crippen LogP contribution in [0.25, 0.3) is 0 Å². The van der Waals surface area contributed by atoms with Gasteiger partial charge in [-0.25, -0.2) is 4.79 Å². The lowest BCUT2D eigenvalue weighted by atomic mass is 10.1. The maximum atomic E-state index is 12.1. The first-order valence-corrected chi connectivity index (χ1v) is 6.01. The standard InChI is InChI=1S/C14H15N3O3/c1-9-12(8-17(2)16-9)15-13(18)10-4-6-11(7-5-10)14(19)20-3/h4-8H,1-3H3,(H,15,18). The number of aromatic nitrogens is 2. The van der Waals surface area contributed by atoms with Crippen molar-refractivity contribution in [3.8, 4) is 0 Å². The van der Waals surface area contributed by atoms with E-state index in [9.17, 15) is 9.59 Å². The Morgan fingerprint density at radius 3 is 2.30 bits per heavy atom. The summed E-state index contributed by atoms with van der Waals surface area (Å²) in [7, 11) is 3.10. The molecule has 0 bridgehead atoms. The lowest BCUT2D eigenvalue weighted by Gasteiger charge is -2.04. The highest BCUT2D eigenvalue weighted by molar-refractivity contribution is 6.05. The van der Waals surface area contributed by atoms with Crippen molar-refractivity contribution in [2.75, 3.05) is 12.4 Å². The van der Waals surface area contributed by atoms with Gasteiger partial charge in [-0.2, -0.15) is 5.10 Å². The molecule has 0 atom stereocenters. The molecule has 20 heavy (non-hydrogen) atoms. The van der Waals surface area contributed by atoms with E-state index >= 15 is 0 Å². The van der Waals surface area contributed by atoms with E-state index in [0.717, 1.165) is 5.69 Å². The van der Waals surface area contributed by atoms with Crippen LogP contribution in [0, 0.1) is 6.92 Å². The summed E-state index contributed by atoms with van der Waals surface area (Å²) in [5, 5.41) is 6.92. The van der Waals surface area contributed by atoms with E-state index < -0.39 is 5.97 Å². The van der Waals surface area contributed by atoms with Crippen LogP contribution in [0.4, 0.5) is 5.69 Å². The van der Waals surface area contributed by atoms with Crippen molar-refractivity contribution in [1.29, 1.82) is 0 Å². The second-order valence-corrected chi connectivity index (χ2v) is 4.32. The van der Waals surface area contributed by atoms with Crippen molar-refractivity contribution in [2.45, 2.75) is 6.92 Å². The predicted octanol–water partition coefficient (Wildman–Crippen LogP) is 1.77. The zero-order chi connectivity index (χ0) is 14.7. The maximum Gasteiger partial charge on any atom is 0.337 e. The van der Waals surface area contributed by atoms with E-state index in [4.69, 9.17) is 0 Å². The summed E-state index contributed by atoms with van der Waals surface area (Å²) in [6.07, 6.45) is 1.73. The van der Waals surface area contributed by atoms with Crippen LogP contribution in [0.3, 0.4) is 0 Å². The highest BCUT2D eigenvalue weighted by atomic mass is 16.5. The fourth-order valence-corrected chi connectivity index (χ4v) is 1.79. The van der Waals surface area contributed by atoms with Gasteiger partial charge in [-0.3, -0.25) is 9.48 Å². The van der Waals surface area contributed by atoms with E-state index in [1.165, 1.54) is 7.11 Å². The molecule has 6 heteroatoms. The number of anilines is 1. The normalized spacial score (nSPS) is 10.2. The van der Waals surface area contributed by atoms with Crippen LogP contribution in [0.5, 0.6) is 0 Å². The molecule has 0 unspecified atom stereocenters. The molecule has 0 aliphatic heterocycles. The summed E-state index contributed by atoms with van der Waals surface area (Å²) >= 11 is 0. The Morgan fingerprint density at radius 2 is 1.80 bits per heavy atom. The van der Waals surface area contributed by atoms with Crippen LogP contribution in [-0.4, -0.2) is 28.8 Å². The molecule has 0 aliphatic carbocycles. The summed E-state index contributed by atoms with van der Waals surface area (Å²) in [6, 6.07) is 6.26. The molecule has 0 saturated carbocycles. The lowest BCUT2D eigenvalue weighted by molar-refractivity contribution is 0.0600. The van der Waals surface area contributed by atoms with E-state index in [0.29, 0.717) is 16.8 Å². The minimum absolute atomic E-state index is 0.252. The number of ether oxygens (including phenoxy) is 1. The van der Waals surface area contributed by atoms with Gasteiger partial charge in [-0.1, -0.05) is 0 Å². The zero-order valence-corrected chi connectivity index (χ0v) is 11.5. The van der Waals surface area contributed by atoms with Crippen LogP contribution in [0.2, 0.25) is 0 Å². The third kappa shape index (κ3) is 2.85. The number of nitrogens with one attached hydrogen (secondary N) is 1. The minimum Gasteiger partial charge on any atom is -0.465 e. The average molecular weight is 273 g/mol. The number of rotatable bonds is 3. The highest BCUT2D eigenvalue weighted by Crippen LogP contribution is 2.14. The summed E-state index contributed by atoms with van der Waals surface area (Å²) in [6.45, 7) is 1.82. The second kappa shape index (κ2) is 5.56. The van der Waals surface area contributed by atoms with Gasteiger partial charge in [0.2, 0.25) is 0 Å². The number of amides is 1. The fraction of sp³-hybridized carbons (Fsp3) is 0.214. The Morgan fingerprint density at radius 1 is 1.20 bits per heavy atom. The Balaban J connectivity index is 2.13. The molecule has 1 heterocycles. The van der Waals surface area contributed by atoms with Crippen LogP contribution in [-0.2, 0) is 11.8 Å². The van der Waals surface area contributed by atoms with Gasteiger partial charge in [0.15, 0.2) is 0 Å². The summed E-state index contributed by atoms with van der Waals surface area (Å²) in [4.78, 5) is 23.4. The Hall–Kier alpha value is -2.63. The van der Waals surface area contributed by atoms with Gasteiger partial charge in [-0.15, -0.1) is 0 Å². The number of aryl methyl sites for hydroxylation is 2. The summed E-state index contributed by atoms with van der Waals surface area (Å²) in [5.41, 5.74) is 2.27. The van der Waals surface area contributed by atoms with Crippen molar-refractivity contribution < 1.29 is 14.3 Å². The lowest BCUT2D eigenvalue weighted by Crippen LogP contribution is -2.12. The Kier molecular flexibility index (Phi) is 3.84. The highest BCUT2D eigenvalue weighted by Gasteiger charge is 2.11. The quantitative estimate of drug-likeness (QED) is 0.865. The fourth-order valence-electron chi connectivity index (χ4n) is 1.79. The SMILES string of the molecule is COC(=O)c1ccc(C(=O)Nc2cn(C)nc2C)cc1. The molecule has 0 saturated heterocycles. The van der Waals surface area contributed by atoms with Gasteiger partial charge in [0.05, 0.1) is 24.1 Å². The van der Waals surface area contributed by atoms with E-state index in [2.05, 4.69) is 15.2 Å². The van der Waals surface area contributed by atoms with E-state index in [-0.39, 0.29) is 5.91 Å². The van der Waals surface area contributed by atoms with Gasteiger partial charge in [0.1, 0.15) is 0 Å². The topological polar surface area (TPSA) is 73.2 Å². The number of methoxy groups -OCH3 is 1. The number of hydrogen-bond donors (Lipinski definition) is 1. The number of carbonyl (C=O) groups excluding carboxylic acids is 2. The first-order chi connectivity index (χ1) is 9.51. The molecule has 2 aromatic rings. The molecule has 1 aromatic carbocycles. The number of esters is 1. The average Bonchev–Trinajstić information content (AvgIpc) is 2.76. The molecule has 104 valence electrons. The summed E-state index contributed by atoms with van der Waals surface area (Å²) < 4.78 is 6.23. The number of hydrogen-bond acceptors (Lipinski definition) is 4. The molecule has 6 nitrogen and oxygen atoms in total. The number of carbonyl (C=O) groups is 2. The van der Waals surface area contributed by atoms with Crippen LogP contribution in [0.15, 0.2) is 30.5 Å². The van der Waals surface area contributed by atoms with Gasteiger partial charge in [-0.05, 0) is 31.2 Å². The van der Waals surface area contributed by atoms with Crippen molar-refractivity contribution >= 4 is 17.6 Å². The molecule has 1 amide bonds. The third-order valence-corrected chi connectivity index (χ3v) is 2.83. The number of nitrogens with zero attached hydrogens (tertiary/aromatic N) is 2. The largest absolute Gasteiger partial charge is 0.465 e. The molecule has 1 aromatic heterocycles. The summed E-state index contributed by atoms with van der Waals surface area (Å²) in [5.74, 6) is -0.683. The molecular weight excluding hydrogens is 258 g/mol. The molecule has 0 radical (unpaired) electrons. The van der Waals surface area contributed by atoms with Crippen molar-refractivity contribution in [3.63, 3.8) is 0 Å². The predicted molar refractivity (Wildman–Crippen MR) is 73.7 cm³/mol. The second-order valence-electron chi connectivity index (χ2n) is 4.32. The smallest absolute Gasteiger partial charge is 0.337 e. The number of benzene rings is 1. The molecule has 2 rings (SSSR count). The van der Waals surface area contributed by atoms with Gasteiger partial charge >= 0.3 is 5.97 Å². The van der Waals surface area contributed by atoms with Gasteiger partial charge in [0, 0.05) is 18.8 Å². The van der Waals surface area contributed by atoms with Crippen molar-refractivity contribution in [2.24, 2.45) is 7.05 Å². The van der Waals surface area contributed by atoms with Gasteiger partial charge < -0.3 is 10.1 Å². The molecule has 0 spiro atoms. The van der Waals surface area contributed by atoms with E-state index in [1.54, 1.807) is 42.2 Å². The Labute approximate surface area is 116 Å². The van der Waals surface area contributed by atoms with Crippen LogP contribution >= 0.6 is 0 Å². The molecule has 1 N–H and O–H groups in total. The first-order valence-electron chi connectivity index (χ1n) is 6.01. The first kappa shape index (κ1) is 13.8. The zero-order valence-electron chi connectivity index (χ0n) is 11.5. The molecule has 0 fully saturated rings. The van der Waals surface area contributed by atoms with Gasteiger partial charge in [0.25, 0.3) is 5.91 Å². The van der Waals surface area contributed by atoms with Crippen LogP contribution in [0.1, 0.15) is 26.4 Å². The third-order valence-electron chi connectivity index (χ3n) is 2.83. The monoisotopic (exact) mass is 273 g/mol. The Bertz CT molecular complexity index is 644. The minimum atomic E-state index is -0.430. The maximum absolute atomic E-state index is 12.1. The van der Waals surface area contributed by atoms with Crippen LogP contribution < -0.4 is 5.32 Å².